The Hall–Kier alpha value is -0.650. The summed E-state index contributed by atoms with van der Waals surface area (Å²) in [6.45, 7) is 3.66. The van der Waals surface area contributed by atoms with Crippen LogP contribution in [0, 0.1) is 0 Å². The Bertz CT molecular complexity index is 349. The second-order valence-electron chi connectivity index (χ2n) is 6.72. The highest BCUT2D eigenvalue weighted by molar-refractivity contribution is 5.69. The fourth-order valence-electron chi connectivity index (χ4n) is 4.03. The molecule has 2 aliphatic carbocycles. The van der Waals surface area contributed by atoms with Crippen LogP contribution in [0.15, 0.2) is 0 Å². The molecular formula is C14H24O5. The Balaban J connectivity index is 2.14. The summed E-state index contributed by atoms with van der Waals surface area (Å²) in [7, 11) is 0. The standard InChI is InChI=1S/C14H24O5/c1-3-4-11(16)19-12(2)7-13(17)5-10(15)6-14(18,8-12)9-13/h10,15,17-18H,3-9H2,1-2H3. The molecule has 2 rings (SSSR count). The van der Waals surface area contributed by atoms with Crippen LogP contribution in [0.3, 0.4) is 0 Å². The summed E-state index contributed by atoms with van der Waals surface area (Å²) < 4.78 is 5.48. The second-order valence-corrected chi connectivity index (χ2v) is 6.72. The molecule has 2 aliphatic rings. The van der Waals surface area contributed by atoms with Gasteiger partial charge in [0.15, 0.2) is 0 Å². The van der Waals surface area contributed by atoms with Crippen molar-refractivity contribution in [2.75, 3.05) is 0 Å². The van der Waals surface area contributed by atoms with Crippen molar-refractivity contribution in [2.45, 2.75) is 81.7 Å². The van der Waals surface area contributed by atoms with Gasteiger partial charge in [0, 0.05) is 38.5 Å². The van der Waals surface area contributed by atoms with Crippen LogP contribution in [0.2, 0.25) is 0 Å². The van der Waals surface area contributed by atoms with Gasteiger partial charge in [-0.1, -0.05) is 6.92 Å². The van der Waals surface area contributed by atoms with E-state index in [-0.39, 0.29) is 38.1 Å². The van der Waals surface area contributed by atoms with E-state index in [2.05, 4.69) is 0 Å². The number of hydrogen-bond donors (Lipinski definition) is 3. The molecule has 0 amide bonds. The molecule has 2 saturated carbocycles. The molecule has 2 atom stereocenters. The number of aliphatic hydroxyl groups is 3. The normalized spacial score (nSPS) is 45.8. The summed E-state index contributed by atoms with van der Waals surface area (Å²) in [5.74, 6) is -0.294. The minimum absolute atomic E-state index is 0.232. The molecule has 0 aliphatic heterocycles. The van der Waals surface area contributed by atoms with Crippen molar-refractivity contribution in [2.24, 2.45) is 0 Å². The van der Waals surface area contributed by atoms with Crippen molar-refractivity contribution in [1.82, 2.24) is 0 Å². The van der Waals surface area contributed by atoms with E-state index >= 15 is 0 Å². The van der Waals surface area contributed by atoms with E-state index in [9.17, 15) is 20.1 Å². The summed E-state index contributed by atoms with van der Waals surface area (Å²) in [6.07, 6.45) is 1.62. The van der Waals surface area contributed by atoms with Crippen molar-refractivity contribution in [3.8, 4) is 0 Å². The first-order chi connectivity index (χ1) is 8.68. The average Bonchev–Trinajstić information content (AvgIpc) is 2.09. The lowest BCUT2D eigenvalue weighted by molar-refractivity contribution is -0.227. The third-order valence-electron chi connectivity index (χ3n) is 4.11. The molecule has 0 aromatic rings. The Morgan fingerprint density at radius 3 is 2.21 bits per heavy atom. The summed E-state index contributed by atoms with van der Waals surface area (Å²) in [4.78, 5) is 11.7. The van der Waals surface area contributed by atoms with Gasteiger partial charge >= 0.3 is 5.97 Å². The number of rotatable bonds is 3. The Morgan fingerprint density at radius 2 is 1.74 bits per heavy atom. The number of esters is 1. The molecule has 0 saturated heterocycles. The SMILES string of the molecule is CCCC(=O)OC1(C)CC2(O)CC(O)CC(O)(C2)C1. The first kappa shape index (κ1) is 14.8. The maximum Gasteiger partial charge on any atom is 0.306 e. The molecule has 110 valence electrons. The lowest BCUT2D eigenvalue weighted by Gasteiger charge is -2.54. The van der Waals surface area contributed by atoms with Gasteiger partial charge in [-0.3, -0.25) is 4.79 Å². The third-order valence-corrected chi connectivity index (χ3v) is 4.11. The van der Waals surface area contributed by atoms with Gasteiger partial charge in [-0.25, -0.2) is 0 Å². The maximum atomic E-state index is 11.7. The van der Waals surface area contributed by atoms with E-state index in [0.29, 0.717) is 12.8 Å². The Kier molecular flexibility index (Phi) is 3.66. The minimum atomic E-state index is -1.15. The van der Waals surface area contributed by atoms with Crippen molar-refractivity contribution >= 4 is 5.97 Å². The van der Waals surface area contributed by atoms with Gasteiger partial charge in [0.05, 0.1) is 17.3 Å². The zero-order chi connectivity index (χ0) is 14.3. The van der Waals surface area contributed by atoms with E-state index in [1.54, 1.807) is 6.92 Å². The van der Waals surface area contributed by atoms with Crippen LogP contribution in [0.1, 0.15) is 58.8 Å². The Labute approximate surface area is 113 Å². The predicted molar refractivity (Wildman–Crippen MR) is 68.4 cm³/mol. The lowest BCUT2D eigenvalue weighted by Crippen LogP contribution is -2.61. The summed E-state index contributed by atoms with van der Waals surface area (Å²) in [5.41, 5.74) is -3.15. The molecule has 19 heavy (non-hydrogen) atoms. The van der Waals surface area contributed by atoms with E-state index in [4.69, 9.17) is 4.74 Å². The van der Waals surface area contributed by atoms with E-state index in [1.165, 1.54) is 0 Å². The van der Waals surface area contributed by atoms with Gasteiger partial charge in [0.25, 0.3) is 0 Å². The first-order valence-electron chi connectivity index (χ1n) is 7.02. The van der Waals surface area contributed by atoms with Crippen molar-refractivity contribution in [3.05, 3.63) is 0 Å². The summed E-state index contributed by atoms with van der Waals surface area (Å²) >= 11 is 0. The van der Waals surface area contributed by atoms with E-state index in [1.807, 2.05) is 6.92 Å². The number of fused-ring (bicyclic) bond motifs is 2. The van der Waals surface area contributed by atoms with Crippen LogP contribution >= 0.6 is 0 Å². The zero-order valence-electron chi connectivity index (χ0n) is 11.7. The van der Waals surface area contributed by atoms with Gasteiger partial charge in [-0.05, 0) is 13.3 Å². The van der Waals surface area contributed by atoms with Crippen LogP contribution in [-0.4, -0.2) is 44.2 Å². The van der Waals surface area contributed by atoms with Crippen LogP contribution in [0.5, 0.6) is 0 Å². The first-order valence-corrected chi connectivity index (χ1v) is 7.02. The Morgan fingerprint density at radius 1 is 1.21 bits per heavy atom. The predicted octanol–water partition coefficient (Wildman–Crippen LogP) is 0.889. The molecule has 2 fully saturated rings. The number of carbonyl (C=O) groups is 1. The molecule has 3 N–H and O–H groups in total. The molecule has 0 spiro atoms. The topological polar surface area (TPSA) is 87.0 Å². The average molecular weight is 272 g/mol. The van der Waals surface area contributed by atoms with Crippen molar-refractivity contribution < 1.29 is 24.9 Å². The monoisotopic (exact) mass is 272 g/mol. The third kappa shape index (κ3) is 3.27. The smallest absolute Gasteiger partial charge is 0.306 e. The van der Waals surface area contributed by atoms with Crippen molar-refractivity contribution in [3.63, 3.8) is 0 Å². The molecule has 2 bridgehead atoms. The van der Waals surface area contributed by atoms with Gasteiger partial charge in [-0.15, -0.1) is 0 Å². The molecule has 2 unspecified atom stereocenters. The van der Waals surface area contributed by atoms with Crippen LogP contribution in [0.4, 0.5) is 0 Å². The van der Waals surface area contributed by atoms with Gasteiger partial charge in [-0.2, -0.15) is 0 Å². The number of hydrogen-bond acceptors (Lipinski definition) is 5. The molecule has 5 nitrogen and oxygen atoms in total. The summed E-state index contributed by atoms with van der Waals surface area (Å²) in [5, 5.41) is 30.8. The highest BCUT2D eigenvalue weighted by Crippen LogP contribution is 2.50. The molecule has 0 aromatic heterocycles. The van der Waals surface area contributed by atoms with Crippen LogP contribution < -0.4 is 0 Å². The second kappa shape index (κ2) is 4.72. The molecule has 0 radical (unpaired) electrons. The highest BCUT2D eigenvalue weighted by atomic mass is 16.6. The van der Waals surface area contributed by atoms with Crippen LogP contribution in [-0.2, 0) is 9.53 Å². The minimum Gasteiger partial charge on any atom is -0.459 e. The quantitative estimate of drug-likeness (QED) is 0.664. The molecule has 0 aromatic carbocycles. The van der Waals surface area contributed by atoms with E-state index in [0.717, 1.165) is 0 Å². The molecular weight excluding hydrogens is 248 g/mol. The fraction of sp³-hybridized carbons (Fsp3) is 0.929. The van der Waals surface area contributed by atoms with Gasteiger partial charge in [0.2, 0.25) is 0 Å². The number of carbonyl (C=O) groups excluding carboxylic acids is 1. The molecule has 5 heteroatoms. The summed E-state index contributed by atoms with van der Waals surface area (Å²) in [6, 6.07) is 0. The van der Waals surface area contributed by atoms with Gasteiger partial charge in [0.1, 0.15) is 5.60 Å². The fourth-order valence-corrected chi connectivity index (χ4v) is 4.03. The van der Waals surface area contributed by atoms with Gasteiger partial charge < -0.3 is 20.1 Å². The largest absolute Gasteiger partial charge is 0.459 e. The van der Waals surface area contributed by atoms with E-state index < -0.39 is 22.9 Å². The van der Waals surface area contributed by atoms with Crippen LogP contribution in [0.25, 0.3) is 0 Å². The number of ether oxygens (including phenoxy) is 1. The lowest BCUT2D eigenvalue weighted by atomic mass is 9.60. The zero-order valence-corrected chi connectivity index (χ0v) is 11.7. The highest BCUT2D eigenvalue weighted by Gasteiger charge is 2.57. The maximum absolute atomic E-state index is 11.7. The number of aliphatic hydroxyl groups excluding tert-OH is 1. The molecule has 0 heterocycles. The van der Waals surface area contributed by atoms with Crippen molar-refractivity contribution in [1.29, 1.82) is 0 Å².